The van der Waals surface area contributed by atoms with Gasteiger partial charge in [0, 0.05) is 17.7 Å². The fraction of sp³-hybridized carbons (Fsp3) is 0.444. The third-order valence-electron chi connectivity index (χ3n) is 3.75. The van der Waals surface area contributed by atoms with E-state index in [1.54, 1.807) is 6.92 Å². The third kappa shape index (κ3) is 3.54. The van der Waals surface area contributed by atoms with Crippen molar-refractivity contribution in [3.8, 4) is 0 Å². The molecule has 0 bridgehead atoms. The number of hydrogen-bond donors (Lipinski definition) is 0. The minimum absolute atomic E-state index is 0.105. The van der Waals surface area contributed by atoms with E-state index in [-0.39, 0.29) is 24.4 Å². The van der Waals surface area contributed by atoms with Gasteiger partial charge < -0.3 is 9.47 Å². The summed E-state index contributed by atoms with van der Waals surface area (Å²) in [6.45, 7) is 3.87. The Bertz CT molecular complexity index is 642. The van der Waals surface area contributed by atoms with Gasteiger partial charge in [0.25, 0.3) is 0 Å². The molecule has 0 saturated carbocycles. The number of halogens is 4. The molecule has 6 heteroatoms. The monoisotopic (exact) mass is 344 g/mol. The molecule has 0 aliphatic heterocycles. The number of allylic oxidation sites excluding steroid dienone is 2. The molecule has 0 spiro atoms. The molecule has 2 rings (SSSR count). The van der Waals surface area contributed by atoms with Gasteiger partial charge in [0.15, 0.2) is 11.6 Å². The van der Waals surface area contributed by atoms with Crippen molar-refractivity contribution in [2.75, 3.05) is 13.2 Å². The number of alkyl halides is 1. The molecule has 2 nitrogen and oxygen atoms in total. The number of rotatable bonds is 7. The number of benzene rings is 1. The maximum atomic E-state index is 14.7. The second-order valence-corrected chi connectivity index (χ2v) is 5.42. The van der Waals surface area contributed by atoms with Gasteiger partial charge in [0.1, 0.15) is 5.83 Å². The Morgan fingerprint density at radius 1 is 1.12 bits per heavy atom. The van der Waals surface area contributed by atoms with Gasteiger partial charge in [-0.2, -0.15) is 0 Å². The molecule has 1 aromatic carbocycles. The van der Waals surface area contributed by atoms with Crippen LogP contribution in [0.5, 0.6) is 0 Å². The SMILES string of the molecule is CCCCOC1(OCC)C=CC(c2cccc(F)c2F)=C(F)C1F. The quantitative estimate of drug-likeness (QED) is 0.389. The van der Waals surface area contributed by atoms with Crippen molar-refractivity contribution in [1.82, 2.24) is 0 Å². The summed E-state index contributed by atoms with van der Waals surface area (Å²) in [6.07, 6.45) is 1.61. The largest absolute Gasteiger partial charge is 0.344 e. The fourth-order valence-electron chi connectivity index (χ4n) is 2.49. The topological polar surface area (TPSA) is 18.5 Å². The molecule has 2 unspecified atom stereocenters. The van der Waals surface area contributed by atoms with Crippen LogP contribution in [-0.4, -0.2) is 25.2 Å². The van der Waals surface area contributed by atoms with E-state index in [9.17, 15) is 17.6 Å². The van der Waals surface area contributed by atoms with Gasteiger partial charge in [-0.25, -0.2) is 17.6 Å². The predicted molar refractivity (Wildman–Crippen MR) is 83.6 cm³/mol. The van der Waals surface area contributed by atoms with E-state index in [1.165, 1.54) is 24.3 Å². The summed E-state index contributed by atoms with van der Waals surface area (Å²) >= 11 is 0. The maximum absolute atomic E-state index is 14.7. The molecule has 0 amide bonds. The van der Waals surface area contributed by atoms with Gasteiger partial charge in [-0.1, -0.05) is 31.6 Å². The van der Waals surface area contributed by atoms with Crippen LogP contribution in [0.1, 0.15) is 32.3 Å². The van der Waals surface area contributed by atoms with E-state index in [2.05, 4.69) is 0 Å². The predicted octanol–water partition coefficient (Wildman–Crippen LogP) is 5.10. The first-order valence-electron chi connectivity index (χ1n) is 7.92. The number of unbranched alkanes of at least 4 members (excludes halogenated alkanes) is 1. The molecule has 0 heterocycles. The zero-order chi connectivity index (χ0) is 17.7. The van der Waals surface area contributed by atoms with Crippen LogP contribution in [0.4, 0.5) is 17.6 Å². The zero-order valence-electron chi connectivity index (χ0n) is 13.6. The van der Waals surface area contributed by atoms with Gasteiger partial charge in [-0.15, -0.1) is 0 Å². The molecule has 1 aromatic rings. The average Bonchev–Trinajstić information content (AvgIpc) is 2.56. The molecule has 24 heavy (non-hydrogen) atoms. The van der Waals surface area contributed by atoms with E-state index >= 15 is 0 Å². The van der Waals surface area contributed by atoms with Gasteiger partial charge in [-0.05, 0) is 25.5 Å². The molecular formula is C18H20F4O2. The number of hydrogen-bond acceptors (Lipinski definition) is 2. The molecule has 0 radical (unpaired) electrons. The molecule has 2 atom stereocenters. The first-order chi connectivity index (χ1) is 11.5. The molecule has 0 N–H and O–H groups in total. The van der Waals surface area contributed by atoms with Crippen LogP contribution in [0.3, 0.4) is 0 Å². The lowest BCUT2D eigenvalue weighted by Gasteiger charge is -2.35. The summed E-state index contributed by atoms with van der Waals surface area (Å²) in [5.41, 5.74) is -0.695. The van der Waals surface area contributed by atoms with Crippen molar-refractivity contribution in [3.05, 3.63) is 53.4 Å². The molecule has 0 aromatic heterocycles. The minimum Gasteiger partial charge on any atom is -0.344 e. The van der Waals surface area contributed by atoms with Crippen molar-refractivity contribution < 1.29 is 27.0 Å². The Hall–Kier alpha value is -1.66. The van der Waals surface area contributed by atoms with Crippen LogP contribution in [0, 0.1) is 11.6 Å². The van der Waals surface area contributed by atoms with E-state index in [4.69, 9.17) is 9.47 Å². The van der Waals surface area contributed by atoms with Crippen LogP contribution in [0.25, 0.3) is 5.57 Å². The second-order valence-electron chi connectivity index (χ2n) is 5.42. The molecule has 0 fully saturated rings. The minimum atomic E-state index is -2.27. The van der Waals surface area contributed by atoms with E-state index in [0.717, 1.165) is 12.5 Å². The lowest BCUT2D eigenvalue weighted by molar-refractivity contribution is -0.232. The first-order valence-corrected chi connectivity index (χ1v) is 7.92. The van der Waals surface area contributed by atoms with Crippen molar-refractivity contribution in [1.29, 1.82) is 0 Å². The van der Waals surface area contributed by atoms with Crippen LogP contribution in [-0.2, 0) is 9.47 Å². The lowest BCUT2D eigenvalue weighted by atomic mass is 9.93. The second kappa shape index (κ2) is 7.94. The van der Waals surface area contributed by atoms with Gasteiger partial charge in [0.05, 0.1) is 6.61 Å². The average molecular weight is 344 g/mol. The number of ether oxygens (including phenoxy) is 2. The normalized spacial score (nSPS) is 23.8. The van der Waals surface area contributed by atoms with Crippen molar-refractivity contribution in [2.45, 2.75) is 38.6 Å². The smallest absolute Gasteiger partial charge is 0.227 e. The Balaban J connectivity index is 2.37. The van der Waals surface area contributed by atoms with Crippen LogP contribution in [0.15, 0.2) is 36.2 Å². The van der Waals surface area contributed by atoms with Crippen molar-refractivity contribution in [2.24, 2.45) is 0 Å². The Morgan fingerprint density at radius 3 is 2.54 bits per heavy atom. The van der Waals surface area contributed by atoms with Crippen molar-refractivity contribution >= 4 is 5.57 Å². The molecular weight excluding hydrogens is 324 g/mol. The van der Waals surface area contributed by atoms with E-state index < -0.39 is 29.4 Å². The summed E-state index contributed by atoms with van der Waals surface area (Å²) in [5, 5.41) is 0. The summed E-state index contributed by atoms with van der Waals surface area (Å²) in [4.78, 5) is 0. The highest BCUT2D eigenvalue weighted by molar-refractivity contribution is 5.78. The Morgan fingerprint density at radius 2 is 1.88 bits per heavy atom. The third-order valence-corrected chi connectivity index (χ3v) is 3.75. The van der Waals surface area contributed by atoms with Crippen molar-refractivity contribution in [3.63, 3.8) is 0 Å². The highest BCUT2D eigenvalue weighted by atomic mass is 19.2. The highest BCUT2D eigenvalue weighted by Crippen LogP contribution is 2.39. The maximum Gasteiger partial charge on any atom is 0.227 e. The molecule has 1 aliphatic rings. The van der Waals surface area contributed by atoms with E-state index in [0.29, 0.717) is 6.42 Å². The van der Waals surface area contributed by atoms with Gasteiger partial charge >= 0.3 is 0 Å². The van der Waals surface area contributed by atoms with Crippen LogP contribution >= 0.6 is 0 Å². The summed E-state index contributed by atoms with van der Waals surface area (Å²) in [5.74, 6) is -5.49. The Labute approximate surface area is 138 Å². The lowest BCUT2D eigenvalue weighted by Crippen LogP contribution is -2.46. The Kier molecular flexibility index (Phi) is 6.18. The highest BCUT2D eigenvalue weighted by Gasteiger charge is 2.46. The first kappa shape index (κ1) is 18.7. The van der Waals surface area contributed by atoms with Crippen LogP contribution < -0.4 is 0 Å². The van der Waals surface area contributed by atoms with Gasteiger partial charge in [0.2, 0.25) is 12.0 Å². The summed E-state index contributed by atoms with van der Waals surface area (Å²) < 4.78 is 67.3. The van der Waals surface area contributed by atoms with E-state index in [1.807, 2.05) is 6.92 Å². The fourth-order valence-corrected chi connectivity index (χ4v) is 2.49. The van der Waals surface area contributed by atoms with Crippen LogP contribution in [0.2, 0.25) is 0 Å². The summed E-state index contributed by atoms with van der Waals surface area (Å²) in [6, 6.07) is 3.34. The molecule has 132 valence electrons. The molecule has 0 saturated heterocycles. The summed E-state index contributed by atoms with van der Waals surface area (Å²) in [7, 11) is 0. The zero-order valence-corrected chi connectivity index (χ0v) is 13.6. The molecule has 1 aliphatic carbocycles. The standard InChI is InChI=1S/C18H20F4O2/c1-3-5-11-24-18(23-4-2)10-9-13(16(21)17(18)22)12-7-6-8-14(19)15(12)20/h6-10,17H,3-5,11H2,1-2H3. The van der Waals surface area contributed by atoms with Gasteiger partial charge in [-0.3, -0.25) is 0 Å².